The van der Waals surface area contributed by atoms with E-state index in [-0.39, 0.29) is 12.1 Å². The highest BCUT2D eigenvalue weighted by Gasteiger charge is 2.30. The van der Waals surface area contributed by atoms with E-state index in [1.807, 2.05) is 0 Å². The highest BCUT2D eigenvalue weighted by atomic mass is 19.4. The summed E-state index contributed by atoms with van der Waals surface area (Å²) in [6.45, 7) is 1.84. The van der Waals surface area contributed by atoms with E-state index in [0.717, 1.165) is 18.7 Å². The van der Waals surface area contributed by atoms with Crippen LogP contribution < -0.4 is 5.32 Å². The van der Waals surface area contributed by atoms with Crippen molar-refractivity contribution in [3.63, 3.8) is 0 Å². The number of hydrogen-bond donors (Lipinski definition) is 2. The minimum atomic E-state index is -4.38. The summed E-state index contributed by atoms with van der Waals surface area (Å²) in [7, 11) is 2.06. The van der Waals surface area contributed by atoms with Gasteiger partial charge in [-0.25, -0.2) is 0 Å². The lowest BCUT2D eigenvalue weighted by Gasteiger charge is -2.18. The van der Waals surface area contributed by atoms with Crippen molar-refractivity contribution in [1.82, 2.24) is 10.2 Å². The fourth-order valence-corrected chi connectivity index (χ4v) is 2.23. The summed E-state index contributed by atoms with van der Waals surface area (Å²) < 4.78 is 37.8. The van der Waals surface area contributed by atoms with Crippen molar-refractivity contribution in [2.75, 3.05) is 26.7 Å². The molecule has 1 aromatic carbocycles. The second-order valence-electron chi connectivity index (χ2n) is 5.55. The van der Waals surface area contributed by atoms with E-state index >= 15 is 0 Å². The Hall–Kier alpha value is -1.11. The van der Waals surface area contributed by atoms with Crippen LogP contribution in [0.4, 0.5) is 13.2 Å². The number of benzene rings is 1. The van der Waals surface area contributed by atoms with Crippen molar-refractivity contribution in [1.29, 1.82) is 0 Å². The SMILES string of the molecule is CN(CCNCC(O)c1cccc(C(F)(F)F)c1)C1CC1. The summed E-state index contributed by atoms with van der Waals surface area (Å²) in [4.78, 5) is 2.25. The Kier molecular flexibility index (Phi) is 5.24. The number of aliphatic hydroxyl groups excluding tert-OH is 1. The Morgan fingerprint density at radius 1 is 1.38 bits per heavy atom. The van der Waals surface area contributed by atoms with Crippen molar-refractivity contribution in [2.24, 2.45) is 0 Å². The van der Waals surface area contributed by atoms with E-state index in [9.17, 15) is 18.3 Å². The van der Waals surface area contributed by atoms with Gasteiger partial charge in [0.15, 0.2) is 0 Å². The van der Waals surface area contributed by atoms with Crippen LogP contribution in [0.2, 0.25) is 0 Å². The standard InChI is InChI=1S/C15H21F3N2O/c1-20(13-5-6-13)8-7-19-10-14(21)11-3-2-4-12(9-11)15(16,17)18/h2-4,9,13-14,19,21H,5-8,10H2,1H3. The molecule has 1 aliphatic carbocycles. The molecule has 3 nitrogen and oxygen atoms in total. The quantitative estimate of drug-likeness (QED) is 0.759. The van der Waals surface area contributed by atoms with Crippen molar-refractivity contribution in [2.45, 2.75) is 31.2 Å². The van der Waals surface area contributed by atoms with E-state index in [2.05, 4.69) is 17.3 Å². The molecule has 0 bridgehead atoms. The number of likely N-dealkylation sites (N-methyl/N-ethyl adjacent to an activating group) is 1. The Labute approximate surface area is 122 Å². The van der Waals surface area contributed by atoms with E-state index in [0.29, 0.717) is 12.6 Å². The van der Waals surface area contributed by atoms with Crippen LogP contribution in [0.5, 0.6) is 0 Å². The van der Waals surface area contributed by atoms with E-state index in [1.165, 1.54) is 25.0 Å². The first-order valence-corrected chi connectivity index (χ1v) is 7.14. The van der Waals surface area contributed by atoms with Gasteiger partial charge < -0.3 is 15.3 Å². The Balaban J connectivity index is 1.78. The monoisotopic (exact) mass is 302 g/mol. The molecule has 2 N–H and O–H groups in total. The third kappa shape index (κ3) is 4.98. The fraction of sp³-hybridized carbons (Fsp3) is 0.600. The number of aliphatic hydroxyl groups is 1. The predicted octanol–water partition coefficient (Wildman–Crippen LogP) is 2.42. The molecule has 1 aliphatic rings. The summed E-state index contributed by atoms with van der Waals surface area (Å²) in [6, 6.07) is 5.53. The number of halogens is 3. The number of nitrogens with one attached hydrogen (secondary N) is 1. The molecule has 0 amide bonds. The molecule has 21 heavy (non-hydrogen) atoms. The molecule has 1 atom stereocenters. The second-order valence-corrected chi connectivity index (χ2v) is 5.55. The lowest BCUT2D eigenvalue weighted by Crippen LogP contribution is -2.32. The zero-order valence-corrected chi connectivity index (χ0v) is 12.0. The molecule has 1 aromatic rings. The van der Waals surface area contributed by atoms with Gasteiger partial charge in [-0.15, -0.1) is 0 Å². The highest BCUT2D eigenvalue weighted by molar-refractivity contribution is 5.27. The Morgan fingerprint density at radius 2 is 2.10 bits per heavy atom. The molecule has 0 aromatic heterocycles. The van der Waals surface area contributed by atoms with Crippen LogP contribution in [0, 0.1) is 0 Å². The molecule has 6 heteroatoms. The Morgan fingerprint density at radius 3 is 2.71 bits per heavy atom. The number of hydrogen-bond acceptors (Lipinski definition) is 3. The summed E-state index contributed by atoms with van der Waals surface area (Å²) in [5.74, 6) is 0. The largest absolute Gasteiger partial charge is 0.416 e. The first-order chi connectivity index (χ1) is 9.88. The molecule has 2 rings (SSSR count). The molecule has 118 valence electrons. The average molecular weight is 302 g/mol. The maximum absolute atomic E-state index is 12.6. The van der Waals surface area contributed by atoms with Crippen LogP contribution >= 0.6 is 0 Å². The lowest BCUT2D eigenvalue weighted by atomic mass is 10.1. The van der Waals surface area contributed by atoms with Gasteiger partial charge in [0.2, 0.25) is 0 Å². The molecule has 0 aliphatic heterocycles. The summed E-state index contributed by atoms with van der Waals surface area (Å²) >= 11 is 0. The maximum atomic E-state index is 12.6. The van der Waals surface area contributed by atoms with Crippen LogP contribution in [0.15, 0.2) is 24.3 Å². The zero-order valence-electron chi connectivity index (χ0n) is 12.0. The third-order valence-corrected chi connectivity index (χ3v) is 3.75. The van der Waals surface area contributed by atoms with E-state index in [1.54, 1.807) is 0 Å². The van der Waals surface area contributed by atoms with Gasteiger partial charge in [0.25, 0.3) is 0 Å². The van der Waals surface area contributed by atoms with Gasteiger partial charge in [-0.05, 0) is 37.6 Å². The minimum Gasteiger partial charge on any atom is -0.387 e. The fourth-order valence-electron chi connectivity index (χ4n) is 2.23. The predicted molar refractivity (Wildman–Crippen MR) is 74.9 cm³/mol. The maximum Gasteiger partial charge on any atom is 0.416 e. The topological polar surface area (TPSA) is 35.5 Å². The molecule has 0 spiro atoms. The van der Waals surface area contributed by atoms with Crippen LogP contribution in [-0.4, -0.2) is 42.7 Å². The molecular weight excluding hydrogens is 281 g/mol. The zero-order chi connectivity index (χ0) is 15.5. The lowest BCUT2D eigenvalue weighted by molar-refractivity contribution is -0.137. The van der Waals surface area contributed by atoms with Gasteiger partial charge in [-0.3, -0.25) is 0 Å². The van der Waals surface area contributed by atoms with E-state index in [4.69, 9.17) is 0 Å². The van der Waals surface area contributed by atoms with Crippen molar-refractivity contribution in [3.05, 3.63) is 35.4 Å². The minimum absolute atomic E-state index is 0.250. The number of alkyl halides is 3. The first-order valence-electron chi connectivity index (χ1n) is 7.14. The van der Waals surface area contributed by atoms with Crippen molar-refractivity contribution >= 4 is 0 Å². The molecule has 0 radical (unpaired) electrons. The number of nitrogens with zero attached hydrogens (tertiary/aromatic N) is 1. The van der Waals surface area contributed by atoms with Crippen LogP contribution in [-0.2, 0) is 6.18 Å². The number of rotatable bonds is 7. The molecule has 1 saturated carbocycles. The van der Waals surface area contributed by atoms with E-state index < -0.39 is 17.8 Å². The molecule has 1 unspecified atom stereocenters. The van der Waals surface area contributed by atoms with Crippen LogP contribution in [0.25, 0.3) is 0 Å². The van der Waals surface area contributed by atoms with Gasteiger partial charge in [0.1, 0.15) is 0 Å². The van der Waals surface area contributed by atoms with Gasteiger partial charge in [0, 0.05) is 25.7 Å². The van der Waals surface area contributed by atoms with Crippen molar-refractivity contribution in [3.8, 4) is 0 Å². The summed E-state index contributed by atoms with van der Waals surface area (Å²) in [5, 5.41) is 13.0. The Bertz CT molecular complexity index is 460. The molecule has 0 heterocycles. The van der Waals surface area contributed by atoms with Gasteiger partial charge in [-0.2, -0.15) is 13.2 Å². The highest BCUT2D eigenvalue weighted by Crippen LogP contribution is 2.30. The van der Waals surface area contributed by atoms with Crippen LogP contribution in [0.3, 0.4) is 0 Å². The van der Waals surface area contributed by atoms with Gasteiger partial charge >= 0.3 is 6.18 Å². The smallest absolute Gasteiger partial charge is 0.387 e. The van der Waals surface area contributed by atoms with Gasteiger partial charge in [0.05, 0.1) is 11.7 Å². The van der Waals surface area contributed by atoms with Crippen LogP contribution in [0.1, 0.15) is 30.1 Å². The van der Waals surface area contributed by atoms with Gasteiger partial charge in [-0.1, -0.05) is 12.1 Å². The average Bonchev–Trinajstić information content (AvgIpc) is 3.27. The van der Waals surface area contributed by atoms with Crippen molar-refractivity contribution < 1.29 is 18.3 Å². The molecule has 0 saturated heterocycles. The second kappa shape index (κ2) is 6.77. The summed E-state index contributed by atoms with van der Waals surface area (Å²) in [6.07, 6.45) is -2.83. The third-order valence-electron chi connectivity index (χ3n) is 3.75. The molecular formula is C15H21F3N2O. The first kappa shape index (κ1) is 16.3. The molecule has 1 fully saturated rings. The summed E-state index contributed by atoms with van der Waals surface area (Å²) in [5.41, 5.74) is -0.444. The normalized spacial score (nSPS) is 17.2.